The third kappa shape index (κ3) is 3.84. The van der Waals surface area contributed by atoms with Crippen molar-refractivity contribution in [3.8, 4) is 0 Å². The Labute approximate surface area is 105 Å². The number of hydrogen-bond acceptors (Lipinski definition) is 2. The van der Waals surface area contributed by atoms with Crippen LogP contribution in [0.1, 0.15) is 58.2 Å². The summed E-state index contributed by atoms with van der Waals surface area (Å²) in [5, 5.41) is 3.41. The molecule has 1 aromatic rings. The van der Waals surface area contributed by atoms with Gasteiger partial charge < -0.3 is 9.88 Å². The molecule has 1 aliphatic rings. The molecule has 96 valence electrons. The molecule has 3 nitrogen and oxygen atoms in total. The lowest BCUT2D eigenvalue weighted by atomic mass is 10.1. The number of rotatable bonds is 7. The van der Waals surface area contributed by atoms with Crippen LogP contribution in [0.4, 0.5) is 0 Å². The minimum Gasteiger partial charge on any atom is -0.334 e. The first-order valence-electron chi connectivity index (χ1n) is 6.94. The van der Waals surface area contributed by atoms with Gasteiger partial charge in [-0.3, -0.25) is 0 Å². The number of nitrogens with one attached hydrogen (secondary N) is 1. The van der Waals surface area contributed by atoms with Crippen molar-refractivity contribution in [1.82, 2.24) is 14.9 Å². The maximum Gasteiger partial charge on any atom is 0.0952 e. The Bertz CT molecular complexity index is 339. The number of hydrogen-bond donors (Lipinski definition) is 1. The smallest absolute Gasteiger partial charge is 0.0952 e. The van der Waals surface area contributed by atoms with E-state index in [1.54, 1.807) is 0 Å². The molecule has 0 aliphatic heterocycles. The lowest BCUT2D eigenvalue weighted by Crippen LogP contribution is -2.21. The van der Waals surface area contributed by atoms with E-state index in [-0.39, 0.29) is 0 Å². The molecule has 0 spiro atoms. The van der Waals surface area contributed by atoms with Crippen LogP contribution < -0.4 is 5.32 Å². The van der Waals surface area contributed by atoms with Crippen molar-refractivity contribution in [1.29, 1.82) is 0 Å². The molecule has 1 fully saturated rings. The zero-order chi connectivity index (χ0) is 12.3. The molecule has 0 radical (unpaired) electrons. The van der Waals surface area contributed by atoms with E-state index in [4.69, 9.17) is 0 Å². The van der Waals surface area contributed by atoms with Gasteiger partial charge in [-0.25, -0.2) is 4.98 Å². The molecule has 0 bridgehead atoms. The molecule has 1 aliphatic carbocycles. The Hall–Kier alpha value is -0.830. The summed E-state index contributed by atoms with van der Waals surface area (Å²) in [5.74, 6) is 0.986. The highest BCUT2D eigenvalue weighted by Crippen LogP contribution is 2.37. The van der Waals surface area contributed by atoms with Crippen LogP contribution in [0, 0.1) is 5.92 Å². The average molecular weight is 235 g/mol. The van der Waals surface area contributed by atoms with Gasteiger partial charge in [0.25, 0.3) is 0 Å². The summed E-state index contributed by atoms with van der Waals surface area (Å²) in [6.45, 7) is 7.49. The van der Waals surface area contributed by atoms with Gasteiger partial charge in [0.1, 0.15) is 0 Å². The van der Waals surface area contributed by atoms with E-state index in [0.29, 0.717) is 12.1 Å². The van der Waals surface area contributed by atoms with Crippen LogP contribution in [0.15, 0.2) is 12.5 Å². The Morgan fingerprint density at radius 3 is 2.82 bits per heavy atom. The molecule has 0 aromatic carbocycles. The van der Waals surface area contributed by atoms with Gasteiger partial charge in [-0.1, -0.05) is 33.6 Å². The Morgan fingerprint density at radius 2 is 2.24 bits per heavy atom. The molecule has 1 atom stereocenters. The van der Waals surface area contributed by atoms with Crippen molar-refractivity contribution in [3.05, 3.63) is 18.2 Å². The summed E-state index contributed by atoms with van der Waals surface area (Å²) >= 11 is 0. The number of aromatic nitrogens is 2. The van der Waals surface area contributed by atoms with Crippen LogP contribution in [0.5, 0.6) is 0 Å². The Morgan fingerprint density at radius 1 is 1.47 bits per heavy atom. The SMILES string of the molecule is CCC(CC1CC1)n1cnc(CNC(C)C)c1. The first-order chi connectivity index (χ1) is 8.19. The summed E-state index contributed by atoms with van der Waals surface area (Å²) < 4.78 is 2.32. The normalized spacial score (nSPS) is 17.6. The van der Waals surface area contributed by atoms with Gasteiger partial charge in [0.05, 0.1) is 12.0 Å². The van der Waals surface area contributed by atoms with Gasteiger partial charge in [-0.05, 0) is 18.8 Å². The van der Waals surface area contributed by atoms with Crippen molar-refractivity contribution >= 4 is 0 Å². The minimum absolute atomic E-state index is 0.522. The molecule has 17 heavy (non-hydrogen) atoms. The Balaban J connectivity index is 1.90. The van der Waals surface area contributed by atoms with Gasteiger partial charge >= 0.3 is 0 Å². The lowest BCUT2D eigenvalue weighted by molar-refractivity contribution is 0.427. The lowest BCUT2D eigenvalue weighted by Gasteiger charge is -2.15. The van der Waals surface area contributed by atoms with Crippen molar-refractivity contribution in [3.63, 3.8) is 0 Å². The fourth-order valence-electron chi connectivity index (χ4n) is 2.22. The first kappa shape index (κ1) is 12.6. The van der Waals surface area contributed by atoms with E-state index in [0.717, 1.165) is 18.2 Å². The molecule has 3 heteroatoms. The van der Waals surface area contributed by atoms with Crippen LogP contribution in [0.25, 0.3) is 0 Å². The van der Waals surface area contributed by atoms with Gasteiger partial charge in [-0.15, -0.1) is 0 Å². The summed E-state index contributed by atoms with van der Waals surface area (Å²) in [7, 11) is 0. The highest BCUT2D eigenvalue weighted by atomic mass is 15.1. The molecule has 1 N–H and O–H groups in total. The fourth-order valence-corrected chi connectivity index (χ4v) is 2.22. The van der Waals surface area contributed by atoms with E-state index < -0.39 is 0 Å². The standard InChI is InChI=1S/C14H25N3/c1-4-14(7-12-5-6-12)17-9-13(16-10-17)8-15-11(2)3/h9-12,14-15H,4-8H2,1-3H3. The third-order valence-corrected chi connectivity index (χ3v) is 3.54. The first-order valence-corrected chi connectivity index (χ1v) is 6.94. The molecule has 2 rings (SSSR count). The van der Waals surface area contributed by atoms with E-state index in [1.165, 1.54) is 25.7 Å². The van der Waals surface area contributed by atoms with Crippen molar-refractivity contribution < 1.29 is 0 Å². The van der Waals surface area contributed by atoms with E-state index in [2.05, 4.69) is 41.8 Å². The van der Waals surface area contributed by atoms with Crippen molar-refractivity contribution in [2.75, 3.05) is 0 Å². The molecule has 0 saturated heterocycles. The maximum absolute atomic E-state index is 4.49. The second-order valence-corrected chi connectivity index (χ2v) is 5.59. The molecule has 0 amide bonds. The van der Waals surface area contributed by atoms with Gasteiger partial charge in [0.15, 0.2) is 0 Å². The highest BCUT2D eigenvalue weighted by molar-refractivity contribution is 4.98. The molecule has 1 saturated carbocycles. The molecular formula is C14H25N3. The maximum atomic E-state index is 4.49. The monoisotopic (exact) mass is 235 g/mol. The summed E-state index contributed by atoms with van der Waals surface area (Å²) in [5.41, 5.74) is 1.16. The highest BCUT2D eigenvalue weighted by Gasteiger charge is 2.25. The summed E-state index contributed by atoms with van der Waals surface area (Å²) in [4.78, 5) is 4.49. The molecule has 1 heterocycles. The van der Waals surface area contributed by atoms with E-state index in [9.17, 15) is 0 Å². The molecule has 1 unspecified atom stereocenters. The zero-order valence-corrected chi connectivity index (χ0v) is 11.3. The average Bonchev–Trinajstić information content (AvgIpc) is 3.00. The van der Waals surface area contributed by atoms with Gasteiger partial charge in [0, 0.05) is 24.8 Å². The predicted octanol–water partition coefficient (Wildman–Crippen LogP) is 3.13. The topological polar surface area (TPSA) is 29.9 Å². The minimum atomic E-state index is 0.522. The van der Waals surface area contributed by atoms with Gasteiger partial charge in [0.2, 0.25) is 0 Å². The quantitative estimate of drug-likeness (QED) is 0.787. The second-order valence-electron chi connectivity index (χ2n) is 5.59. The van der Waals surface area contributed by atoms with Crippen molar-refractivity contribution in [2.45, 2.75) is 65.1 Å². The van der Waals surface area contributed by atoms with Crippen LogP contribution in [0.2, 0.25) is 0 Å². The summed E-state index contributed by atoms with van der Waals surface area (Å²) in [6, 6.07) is 1.18. The van der Waals surface area contributed by atoms with Crippen LogP contribution in [0.3, 0.4) is 0 Å². The van der Waals surface area contributed by atoms with Crippen LogP contribution in [-0.2, 0) is 6.54 Å². The molecule has 1 aromatic heterocycles. The number of nitrogens with zero attached hydrogens (tertiary/aromatic N) is 2. The second kappa shape index (κ2) is 5.67. The largest absolute Gasteiger partial charge is 0.334 e. The van der Waals surface area contributed by atoms with Gasteiger partial charge in [-0.2, -0.15) is 0 Å². The van der Waals surface area contributed by atoms with Crippen LogP contribution in [-0.4, -0.2) is 15.6 Å². The fraction of sp³-hybridized carbons (Fsp3) is 0.786. The summed E-state index contributed by atoms with van der Waals surface area (Å²) in [6.07, 6.45) is 9.65. The van der Waals surface area contributed by atoms with E-state index >= 15 is 0 Å². The Kier molecular flexibility index (Phi) is 4.21. The zero-order valence-electron chi connectivity index (χ0n) is 11.3. The third-order valence-electron chi connectivity index (χ3n) is 3.54. The predicted molar refractivity (Wildman–Crippen MR) is 70.9 cm³/mol. The number of imidazole rings is 1. The van der Waals surface area contributed by atoms with E-state index in [1.807, 2.05) is 6.33 Å². The van der Waals surface area contributed by atoms with Crippen molar-refractivity contribution in [2.24, 2.45) is 5.92 Å². The van der Waals surface area contributed by atoms with Crippen LogP contribution >= 0.6 is 0 Å². The molecular weight excluding hydrogens is 210 g/mol.